The first-order chi connectivity index (χ1) is 9.42. The largest absolute Gasteiger partial charge is 0.462 e. The summed E-state index contributed by atoms with van der Waals surface area (Å²) >= 11 is 0. The molecule has 0 aliphatic rings. The zero-order valence-electron chi connectivity index (χ0n) is 13.0. The smallest absolute Gasteiger partial charge is 0.338 e. The minimum atomic E-state index is -0.257. The van der Waals surface area contributed by atoms with Crippen molar-refractivity contribution in [3.63, 3.8) is 0 Å². The summed E-state index contributed by atoms with van der Waals surface area (Å²) in [6, 6.07) is 7.38. The van der Waals surface area contributed by atoms with Crippen LogP contribution in [-0.2, 0) is 4.74 Å². The van der Waals surface area contributed by atoms with E-state index in [9.17, 15) is 4.79 Å². The van der Waals surface area contributed by atoms with Crippen LogP contribution in [0.3, 0.4) is 0 Å². The Hall–Kier alpha value is -1.55. The molecule has 0 aliphatic heterocycles. The van der Waals surface area contributed by atoms with Crippen LogP contribution in [0.15, 0.2) is 24.3 Å². The maximum Gasteiger partial charge on any atom is 0.338 e. The van der Waals surface area contributed by atoms with Crippen LogP contribution in [0.25, 0.3) is 0 Å². The Bertz CT molecular complexity index is 407. The second kappa shape index (κ2) is 7.90. The highest BCUT2D eigenvalue weighted by Gasteiger charge is 2.08. The molecule has 1 rings (SSSR count). The van der Waals surface area contributed by atoms with E-state index in [0.717, 1.165) is 25.2 Å². The zero-order valence-corrected chi connectivity index (χ0v) is 13.0. The molecule has 0 aromatic heterocycles. The summed E-state index contributed by atoms with van der Waals surface area (Å²) in [6.07, 6.45) is 0.839. The van der Waals surface area contributed by atoms with Gasteiger partial charge in [0.2, 0.25) is 0 Å². The lowest BCUT2D eigenvalue weighted by Crippen LogP contribution is -2.38. The molecule has 0 bridgehead atoms. The molecular formula is C16H26N2O2. The molecule has 0 atom stereocenters. The molecule has 1 aromatic carbocycles. The van der Waals surface area contributed by atoms with E-state index in [1.165, 1.54) is 0 Å². The van der Waals surface area contributed by atoms with Gasteiger partial charge in [-0.05, 0) is 51.5 Å². The van der Waals surface area contributed by atoms with Crippen LogP contribution in [0.1, 0.15) is 44.5 Å². The number of nitrogens with one attached hydrogen (secondary N) is 2. The normalized spacial score (nSPS) is 11.2. The Morgan fingerprint density at radius 2 is 1.80 bits per heavy atom. The molecule has 20 heavy (non-hydrogen) atoms. The van der Waals surface area contributed by atoms with Crippen molar-refractivity contribution in [1.82, 2.24) is 5.32 Å². The van der Waals surface area contributed by atoms with Gasteiger partial charge in [-0.1, -0.05) is 6.92 Å². The van der Waals surface area contributed by atoms with Gasteiger partial charge in [-0.3, -0.25) is 0 Å². The average molecular weight is 278 g/mol. The standard InChI is InChI=1S/C16H26N2O2/c1-5-12-20-15(19)13-6-8-14(9-7-13)17-10-11-18-16(2,3)4/h6-9,17-18H,5,10-12H2,1-4H3. The van der Waals surface area contributed by atoms with Crippen molar-refractivity contribution >= 4 is 11.7 Å². The molecule has 0 amide bonds. The summed E-state index contributed by atoms with van der Waals surface area (Å²) in [4.78, 5) is 11.6. The number of hydrogen-bond acceptors (Lipinski definition) is 4. The number of esters is 1. The van der Waals surface area contributed by atoms with Gasteiger partial charge < -0.3 is 15.4 Å². The van der Waals surface area contributed by atoms with Gasteiger partial charge in [0.15, 0.2) is 0 Å². The topological polar surface area (TPSA) is 50.4 Å². The van der Waals surface area contributed by atoms with Crippen molar-refractivity contribution in [2.45, 2.75) is 39.7 Å². The van der Waals surface area contributed by atoms with E-state index in [2.05, 4.69) is 31.4 Å². The van der Waals surface area contributed by atoms with Crippen molar-refractivity contribution in [2.24, 2.45) is 0 Å². The lowest BCUT2D eigenvalue weighted by molar-refractivity contribution is 0.0505. The van der Waals surface area contributed by atoms with Crippen LogP contribution in [0, 0.1) is 0 Å². The van der Waals surface area contributed by atoms with Gasteiger partial charge in [0.05, 0.1) is 12.2 Å². The van der Waals surface area contributed by atoms with Crippen molar-refractivity contribution in [2.75, 3.05) is 25.0 Å². The van der Waals surface area contributed by atoms with Gasteiger partial charge in [0.1, 0.15) is 0 Å². The van der Waals surface area contributed by atoms with Gasteiger partial charge >= 0.3 is 5.97 Å². The highest BCUT2D eigenvalue weighted by Crippen LogP contribution is 2.10. The minimum absolute atomic E-state index is 0.134. The number of rotatable bonds is 7. The van der Waals surface area contributed by atoms with Crippen LogP contribution in [0.5, 0.6) is 0 Å². The van der Waals surface area contributed by atoms with Crippen LogP contribution in [-0.4, -0.2) is 31.2 Å². The van der Waals surface area contributed by atoms with Crippen LogP contribution in [0.4, 0.5) is 5.69 Å². The van der Waals surface area contributed by atoms with Crippen molar-refractivity contribution < 1.29 is 9.53 Å². The molecule has 112 valence electrons. The average Bonchev–Trinajstić information content (AvgIpc) is 2.40. The third kappa shape index (κ3) is 6.57. The first kappa shape index (κ1) is 16.5. The molecular weight excluding hydrogens is 252 g/mol. The Morgan fingerprint density at radius 3 is 2.35 bits per heavy atom. The summed E-state index contributed by atoms with van der Waals surface area (Å²) in [5, 5.41) is 6.72. The maximum atomic E-state index is 11.6. The highest BCUT2D eigenvalue weighted by molar-refractivity contribution is 5.89. The van der Waals surface area contributed by atoms with E-state index < -0.39 is 0 Å². The molecule has 1 aromatic rings. The quantitative estimate of drug-likeness (QED) is 0.594. The second-order valence-corrected chi connectivity index (χ2v) is 5.82. The van der Waals surface area contributed by atoms with Crippen LogP contribution >= 0.6 is 0 Å². The summed E-state index contributed by atoms with van der Waals surface area (Å²) in [5.74, 6) is -0.257. The molecule has 2 N–H and O–H groups in total. The Labute approximate surface area is 121 Å². The van der Waals surface area contributed by atoms with Gasteiger partial charge in [0.25, 0.3) is 0 Å². The summed E-state index contributed by atoms with van der Waals surface area (Å²) in [7, 11) is 0. The lowest BCUT2D eigenvalue weighted by atomic mass is 10.1. The monoisotopic (exact) mass is 278 g/mol. The van der Waals surface area contributed by atoms with E-state index in [0.29, 0.717) is 12.2 Å². The van der Waals surface area contributed by atoms with Gasteiger partial charge in [0, 0.05) is 24.3 Å². The molecule has 4 heteroatoms. The van der Waals surface area contributed by atoms with Gasteiger partial charge in [-0.25, -0.2) is 4.79 Å². The third-order valence-electron chi connectivity index (χ3n) is 2.67. The molecule has 0 unspecified atom stereocenters. The molecule has 0 spiro atoms. The van der Waals surface area contributed by atoms with E-state index in [1.54, 1.807) is 12.1 Å². The van der Waals surface area contributed by atoms with E-state index in [4.69, 9.17) is 4.74 Å². The fraction of sp³-hybridized carbons (Fsp3) is 0.562. The number of hydrogen-bond donors (Lipinski definition) is 2. The number of carbonyl (C=O) groups excluding carboxylic acids is 1. The van der Waals surface area contributed by atoms with Crippen LogP contribution < -0.4 is 10.6 Å². The Morgan fingerprint density at radius 1 is 1.15 bits per heavy atom. The first-order valence-corrected chi connectivity index (χ1v) is 7.18. The van der Waals surface area contributed by atoms with Gasteiger partial charge in [-0.2, -0.15) is 0 Å². The number of ether oxygens (including phenoxy) is 1. The molecule has 0 saturated carbocycles. The molecule has 0 radical (unpaired) electrons. The molecule has 4 nitrogen and oxygen atoms in total. The van der Waals surface area contributed by atoms with E-state index in [-0.39, 0.29) is 11.5 Å². The Balaban J connectivity index is 2.37. The predicted octanol–water partition coefficient (Wildman–Crippen LogP) is 3.05. The van der Waals surface area contributed by atoms with Gasteiger partial charge in [-0.15, -0.1) is 0 Å². The lowest BCUT2D eigenvalue weighted by Gasteiger charge is -2.20. The highest BCUT2D eigenvalue weighted by atomic mass is 16.5. The van der Waals surface area contributed by atoms with E-state index in [1.807, 2.05) is 19.1 Å². The molecule has 0 aliphatic carbocycles. The predicted molar refractivity (Wildman–Crippen MR) is 83.3 cm³/mol. The Kier molecular flexibility index (Phi) is 6.52. The molecule has 0 fully saturated rings. The third-order valence-corrected chi connectivity index (χ3v) is 2.67. The summed E-state index contributed by atoms with van der Waals surface area (Å²) < 4.78 is 5.08. The van der Waals surface area contributed by atoms with E-state index >= 15 is 0 Å². The summed E-state index contributed by atoms with van der Waals surface area (Å²) in [6.45, 7) is 10.6. The SMILES string of the molecule is CCCOC(=O)c1ccc(NCCNC(C)(C)C)cc1. The second-order valence-electron chi connectivity index (χ2n) is 5.82. The fourth-order valence-electron chi connectivity index (χ4n) is 1.65. The summed E-state index contributed by atoms with van der Waals surface area (Å²) in [5.41, 5.74) is 1.73. The van der Waals surface area contributed by atoms with Crippen molar-refractivity contribution in [3.8, 4) is 0 Å². The maximum absolute atomic E-state index is 11.6. The first-order valence-electron chi connectivity index (χ1n) is 7.18. The van der Waals surface area contributed by atoms with Crippen molar-refractivity contribution in [1.29, 1.82) is 0 Å². The number of anilines is 1. The van der Waals surface area contributed by atoms with Crippen LogP contribution in [0.2, 0.25) is 0 Å². The number of benzene rings is 1. The molecule has 0 heterocycles. The zero-order chi connectivity index (χ0) is 15.0. The number of carbonyl (C=O) groups is 1. The minimum Gasteiger partial charge on any atom is -0.462 e. The molecule has 0 saturated heterocycles. The van der Waals surface area contributed by atoms with Crippen molar-refractivity contribution in [3.05, 3.63) is 29.8 Å². The fourth-order valence-corrected chi connectivity index (χ4v) is 1.65.